The van der Waals surface area contributed by atoms with Gasteiger partial charge in [-0.15, -0.1) is 0 Å². The second-order valence-electron chi connectivity index (χ2n) is 5.50. The van der Waals surface area contributed by atoms with E-state index in [-0.39, 0.29) is 9.38 Å². The average molecular weight is 453 g/mol. The number of hydrogen-bond acceptors (Lipinski definition) is 4. The van der Waals surface area contributed by atoms with Crippen molar-refractivity contribution in [3.05, 3.63) is 69.0 Å². The number of carbonyl (C=O) groups is 3. The van der Waals surface area contributed by atoms with Gasteiger partial charge in [0.05, 0.1) is 9.38 Å². The summed E-state index contributed by atoms with van der Waals surface area (Å²) in [6, 6.07) is 9.27. The molecule has 2 aromatic rings. The molecule has 0 unspecified atom stereocenters. The van der Waals surface area contributed by atoms with Gasteiger partial charge >= 0.3 is 0 Å². The molecule has 3 rings (SSSR count). The summed E-state index contributed by atoms with van der Waals surface area (Å²) in [6.45, 7) is -0.466. The summed E-state index contributed by atoms with van der Waals surface area (Å²) in [4.78, 5) is 37.5. The van der Waals surface area contributed by atoms with Crippen molar-refractivity contribution in [2.75, 3.05) is 11.9 Å². The summed E-state index contributed by atoms with van der Waals surface area (Å²) in [7, 11) is 0. The highest BCUT2D eigenvalue weighted by molar-refractivity contribution is 9.10. The van der Waals surface area contributed by atoms with Gasteiger partial charge in [-0.05, 0) is 75.7 Å². The first-order chi connectivity index (χ1) is 12.8. The maximum absolute atomic E-state index is 13.3. The van der Waals surface area contributed by atoms with Gasteiger partial charge in [0.25, 0.3) is 11.1 Å². The van der Waals surface area contributed by atoms with E-state index in [1.165, 1.54) is 48.5 Å². The van der Waals surface area contributed by atoms with Crippen molar-refractivity contribution in [1.82, 2.24) is 4.90 Å². The Hall–Kier alpha value is -2.52. The van der Waals surface area contributed by atoms with Crippen molar-refractivity contribution in [1.29, 1.82) is 0 Å². The zero-order chi connectivity index (χ0) is 19.6. The van der Waals surface area contributed by atoms with Crippen LogP contribution in [0.4, 0.5) is 19.3 Å². The number of imide groups is 1. The number of halogens is 3. The van der Waals surface area contributed by atoms with E-state index in [4.69, 9.17) is 0 Å². The number of benzene rings is 2. The minimum absolute atomic E-state index is 0.132. The second kappa shape index (κ2) is 8.01. The molecule has 2 aromatic carbocycles. The van der Waals surface area contributed by atoms with Gasteiger partial charge in [0.15, 0.2) is 0 Å². The predicted molar refractivity (Wildman–Crippen MR) is 102 cm³/mol. The van der Waals surface area contributed by atoms with Gasteiger partial charge in [0, 0.05) is 5.69 Å². The number of nitrogens with zero attached hydrogens (tertiary/aromatic N) is 1. The molecule has 3 amide bonds. The summed E-state index contributed by atoms with van der Waals surface area (Å²) in [5.74, 6) is -2.09. The smallest absolute Gasteiger partial charge is 0.294 e. The van der Waals surface area contributed by atoms with E-state index in [0.29, 0.717) is 23.0 Å². The van der Waals surface area contributed by atoms with Gasteiger partial charge in [-0.2, -0.15) is 0 Å². The maximum atomic E-state index is 13.3. The van der Waals surface area contributed by atoms with E-state index in [2.05, 4.69) is 21.2 Å². The first kappa shape index (κ1) is 19.2. The quantitative estimate of drug-likeness (QED) is 0.698. The molecule has 0 saturated carbocycles. The number of thioether (sulfide) groups is 1. The van der Waals surface area contributed by atoms with Crippen molar-refractivity contribution in [2.45, 2.75) is 0 Å². The van der Waals surface area contributed by atoms with Crippen LogP contribution in [0.5, 0.6) is 0 Å². The lowest BCUT2D eigenvalue weighted by atomic mass is 10.2. The molecular formula is C18H11BrF2N2O3S. The summed E-state index contributed by atoms with van der Waals surface area (Å²) in [5, 5.41) is 1.91. The topological polar surface area (TPSA) is 66.5 Å². The van der Waals surface area contributed by atoms with Crippen LogP contribution in [0.2, 0.25) is 0 Å². The molecule has 138 valence electrons. The Morgan fingerprint density at radius 2 is 1.85 bits per heavy atom. The van der Waals surface area contributed by atoms with Crippen LogP contribution >= 0.6 is 27.7 Å². The highest BCUT2D eigenvalue weighted by Crippen LogP contribution is 2.32. The van der Waals surface area contributed by atoms with Crippen LogP contribution < -0.4 is 5.32 Å². The fraction of sp³-hybridized carbons (Fsp3) is 0.0556. The standard InChI is InChI=1S/C18H11BrF2N2O3S/c19-13-7-10(1-6-14(13)21)8-15-17(25)23(18(26)27-15)9-16(24)22-12-4-2-11(20)3-5-12/h1-8H,9H2,(H,22,24)/b15-8-. The molecule has 1 heterocycles. The van der Waals surface area contributed by atoms with Crippen LogP contribution in [0.25, 0.3) is 6.08 Å². The predicted octanol–water partition coefficient (Wildman–Crippen LogP) is 4.40. The Bertz CT molecular complexity index is 964. The van der Waals surface area contributed by atoms with Crippen molar-refractivity contribution >= 4 is 56.5 Å². The molecule has 27 heavy (non-hydrogen) atoms. The fourth-order valence-corrected chi connectivity index (χ4v) is 3.50. The molecule has 1 saturated heterocycles. The lowest BCUT2D eigenvalue weighted by molar-refractivity contribution is -0.127. The van der Waals surface area contributed by atoms with Crippen molar-refractivity contribution in [3.8, 4) is 0 Å². The maximum Gasteiger partial charge on any atom is 0.294 e. The van der Waals surface area contributed by atoms with E-state index >= 15 is 0 Å². The Kier molecular flexibility index (Phi) is 5.71. The number of carbonyl (C=O) groups excluding carboxylic acids is 3. The molecule has 1 fully saturated rings. The summed E-state index contributed by atoms with van der Waals surface area (Å²) < 4.78 is 26.4. The van der Waals surface area contributed by atoms with Crippen LogP contribution in [0.3, 0.4) is 0 Å². The Labute approximate surface area is 165 Å². The lowest BCUT2D eigenvalue weighted by Gasteiger charge is -2.12. The summed E-state index contributed by atoms with van der Waals surface area (Å²) in [6.07, 6.45) is 1.45. The third-order valence-electron chi connectivity index (χ3n) is 3.54. The van der Waals surface area contributed by atoms with E-state index < -0.39 is 35.2 Å². The second-order valence-corrected chi connectivity index (χ2v) is 7.34. The third-order valence-corrected chi connectivity index (χ3v) is 5.06. The summed E-state index contributed by atoms with van der Waals surface area (Å²) >= 11 is 3.75. The molecule has 1 aliphatic heterocycles. The van der Waals surface area contributed by atoms with Crippen LogP contribution in [-0.2, 0) is 9.59 Å². The largest absolute Gasteiger partial charge is 0.325 e. The molecule has 0 atom stereocenters. The van der Waals surface area contributed by atoms with Gasteiger partial charge in [-0.25, -0.2) is 8.78 Å². The minimum Gasteiger partial charge on any atom is -0.325 e. The highest BCUT2D eigenvalue weighted by atomic mass is 79.9. The number of rotatable bonds is 4. The molecule has 5 nitrogen and oxygen atoms in total. The van der Waals surface area contributed by atoms with Crippen molar-refractivity contribution in [3.63, 3.8) is 0 Å². The molecule has 9 heteroatoms. The average Bonchev–Trinajstić information content (AvgIpc) is 2.87. The number of amides is 3. The molecule has 0 aliphatic carbocycles. The van der Waals surface area contributed by atoms with E-state index in [1.54, 1.807) is 0 Å². The monoisotopic (exact) mass is 452 g/mol. The zero-order valence-electron chi connectivity index (χ0n) is 13.5. The lowest BCUT2D eigenvalue weighted by Crippen LogP contribution is -2.36. The van der Waals surface area contributed by atoms with Crippen LogP contribution in [0.1, 0.15) is 5.56 Å². The van der Waals surface area contributed by atoms with Crippen molar-refractivity contribution in [2.24, 2.45) is 0 Å². The van der Waals surface area contributed by atoms with Gasteiger partial charge < -0.3 is 5.32 Å². The van der Waals surface area contributed by atoms with E-state index in [0.717, 1.165) is 4.90 Å². The Morgan fingerprint density at radius 3 is 2.52 bits per heavy atom. The molecule has 1 aliphatic rings. The summed E-state index contributed by atoms with van der Waals surface area (Å²) in [5.41, 5.74) is 0.879. The fourth-order valence-electron chi connectivity index (χ4n) is 2.27. The van der Waals surface area contributed by atoms with Crippen LogP contribution in [-0.4, -0.2) is 28.5 Å². The van der Waals surface area contributed by atoms with Crippen LogP contribution in [0, 0.1) is 11.6 Å². The van der Waals surface area contributed by atoms with Gasteiger partial charge in [0.2, 0.25) is 5.91 Å². The van der Waals surface area contributed by atoms with Gasteiger partial charge in [-0.3, -0.25) is 19.3 Å². The molecule has 0 aromatic heterocycles. The number of anilines is 1. The molecule has 0 radical (unpaired) electrons. The first-order valence-electron chi connectivity index (χ1n) is 7.59. The van der Waals surface area contributed by atoms with Crippen LogP contribution in [0.15, 0.2) is 51.8 Å². The first-order valence-corrected chi connectivity index (χ1v) is 9.20. The highest BCUT2D eigenvalue weighted by Gasteiger charge is 2.36. The molecular weight excluding hydrogens is 442 g/mol. The zero-order valence-corrected chi connectivity index (χ0v) is 15.9. The molecule has 0 bridgehead atoms. The Balaban J connectivity index is 1.70. The number of hydrogen-bond donors (Lipinski definition) is 1. The number of nitrogens with one attached hydrogen (secondary N) is 1. The van der Waals surface area contributed by atoms with E-state index in [1.807, 2.05) is 0 Å². The van der Waals surface area contributed by atoms with E-state index in [9.17, 15) is 23.2 Å². The van der Waals surface area contributed by atoms with Gasteiger partial charge in [0.1, 0.15) is 18.2 Å². The van der Waals surface area contributed by atoms with Gasteiger partial charge in [-0.1, -0.05) is 6.07 Å². The Morgan fingerprint density at radius 1 is 1.15 bits per heavy atom. The minimum atomic E-state index is -0.611. The molecule has 1 N–H and O–H groups in total. The molecule has 0 spiro atoms. The normalized spacial score (nSPS) is 15.5. The van der Waals surface area contributed by atoms with Crippen molar-refractivity contribution < 1.29 is 23.2 Å². The third kappa shape index (κ3) is 4.61. The SMILES string of the molecule is O=C(CN1C(=O)S/C(=C\c2ccc(F)c(Br)c2)C1=O)Nc1ccc(F)cc1.